The van der Waals surface area contributed by atoms with Gasteiger partial charge in [0, 0.05) is 36.6 Å². The second-order valence-electron chi connectivity index (χ2n) is 8.22. The van der Waals surface area contributed by atoms with Crippen LogP contribution < -0.4 is 0 Å². The number of alkyl halides is 6. The summed E-state index contributed by atoms with van der Waals surface area (Å²) in [5.74, 6) is -0.751. The average Bonchev–Trinajstić information content (AvgIpc) is 3.51. The van der Waals surface area contributed by atoms with Crippen molar-refractivity contribution < 1.29 is 35.6 Å². The third-order valence-electron chi connectivity index (χ3n) is 5.94. The van der Waals surface area contributed by atoms with Crippen LogP contribution in [0.25, 0.3) is 22.3 Å². The fraction of sp³-hybridized carbons (Fsp3) is 0.208. The van der Waals surface area contributed by atoms with Gasteiger partial charge in [0.1, 0.15) is 5.15 Å². The molecule has 0 spiro atoms. The van der Waals surface area contributed by atoms with Gasteiger partial charge in [0.25, 0.3) is 5.91 Å². The van der Waals surface area contributed by atoms with Gasteiger partial charge in [-0.15, -0.1) is 0 Å². The first-order chi connectivity index (χ1) is 17.4. The molecule has 0 aromatic carbocycles. The van der Waals surface area contributed by atoms with Crippen LogP contribution in [0.5, 0.6) is 0 Å². The van der Waals surface area contributed by atoms with Crippen LogP contribution in [0.15, 0.2) is 59.7 Å². The minimum Gasteiger partial charge on any atom is -0.472 e. The monoisotopic (exact) mass is 540 g/mol. The van der Waals surface area contributed by atoms with Gasteiger partial charge in [-0.3, -0.25) is 14.2 Å². The number of halogens is 7. The van der Waals surface area contributed by atoms with Crippen molar-refractivity contribution in [1.29, 1.82) is 0 Å². The minimum absolute atomic E-state index is 0.00483. The van der Waals surface area contributed by atoms with Crippen LogP contribution in [0.2, 0.25) is 5.15 Å². The van der Waals surface area contributed by atoms with Crippen molar-refractivity contribution in [1.82, 2.24) is 19.3 Å². The Labute approximate surface area is 209 Å². The van der Waals surface area contributed by atoms with Crippen molar-refractivity contribution in [2.75, 3.05) is 13.1 Å². The third kappa shape index (κ3) is 4.57. The quantitative estimate of drug-likeness (QED) is 0.274. The van der Waals surface area contributed by atoms with Gasteiger partial charge in [-0.1, -0.05) is 17.7 Å². The Balaban J connectivity index is 1.49. The molecule has 37 heavy (non-hydrogen) atoms. The third-order valence-corrected chi connectivity index (χ3v) is 6.30. The number of amides is 1. The Morgan fingerprint density at radius 1 is 1.05 bits per heavy atom. The molecule has 4 aromatic rings. The van der Waals surface area contributed by atoms with Gasteiger partial charge < -0.3 is 9.32 Å². The standard InChI is InChI=1S/C24H15ClF6N4O2/c25-20-19(33-21-17(24(29,30)31)10-15(11-35(20)21)14-5-9-37-12-14)22(36)34-7-3-13(4-8-34)18-16(23(26,27)28)2-1-6-32-18/h1-3,5-6,9-12H,4,7-8H2. The summed E-state index contributed by atoms with van der Waals surface area (Å²) >= 11 is 6.33. The zero-order valence-electron chi connectivity index (χ0n) is 18.6. The first-order valence-corrected chi connectivity index (χ1v) is 11.1. The Hall–Kier alpha value is -3.80. The molecule has 0 fully saturated rings. The van der Waals surface area contributed by atoms with Gasteiger partial charge in [0.2, 0.25) is 0 Å². The first kappa shape index (κ1) is 24.9. The highest BCUT2D eigenvalue weighted by Crippen LogP contribution is 2.38. The number of fused-ring (bicyclic) bond motifs is 1. The van der Waals surface area contributed by atoms with E-state index < -0.39 is 40.7 Å². The van der Waals surface area contributed by atoms with Crippen LogP contribution in [0, 0.1) is 0 Å². The lowest BCUT2D eigenvalue weighted by Gasteiger charge is -2.26. The van der Waals surface area contributed by atoms with E-state index in [9.17, 15) is 31.1 Å². The second-order valence-corrected chi connectivity index (χ2v) is 8.58. The van der Waals surface area contributed by atoms with Crippen molar-refractivity contribution in [3.63, 3.8) is 0 Å². The predicted molar refractivity (Wildman–Crippen MR) is 121 cm³/mol. The lowest BCUT2D eigenvalue weighted by atomic mass is 9.99. The molecule has 6 nitrogen and oxygen atoms in total. The highest BCUT2D eigenvalue weighted by Gasteiger charge is 2.38. The molecule has 0 aliphatic carbocycles. The molecule has 0 atom stereocenters. The fourth-order valence-electron chi connectivity index (χ4n) is 4.16. The second kappa shape index (κ2) is 8.94. The SMILES string of the molecule is O=C(c1nc2c(C(F)(F)F)cc(-c3ccoc3)cn2c1Cl)N1CC=C(c2ncccc2C(F)(F)F)CC1. The lowest BCUT2D eigenvalue weighted by molar-refractivity contribution is -0.138. The summed E-state index contributed by atoms with van der Waals surface area (Å²) in [6, 6.07) is 4.47. The Bertz CT molecular complexity index is 1520. The molecule has 1 aliphatic heterocycles. The molecule has 192 valence electrons. The van der Waals surface area contributed by atoms with E-state index in [1.807, 2.05) is 0 Å². The zero-order valence-corrected chi connectivity index (χ0v) is 19.3. The summed E-state index contributed by atoms with van der Waals surface area (Å²) in [7, 11) is 0. The highest BCUT2D eigenvalue weighted by molar-refractivity contribution is 6.33. The maximum atomic E-state index is 13.8. The molecule has 5 rings (SSSR count). The molecule has 0 N–H and O–H groups in total. The van der Waals surface area contributed by atoms with Gasteiger partial charge in [0.05, 0.1) is 29.3 Å². The van der Waals surface area contributed by atoms with Crippen molar-refractivity contribution in [3.8, 4) is 11.1 Å². The molecule has 1 amide bonds. The van der Waals surface area contributed by atoms with E-state index in [1.54, 1.807) is 0 Å². The summed E-state index contributed by atoms with van der Waals surface area (Å²) in [6.45, 7) is -0.103. The van der Waals surface area contributed by atoms with Crippen LogP contribution in [0.1, 0.15) is 33.7 Å². The van der Waals surface area contributed by atoms with Crippen LogP contribution in [0.4, 0.5) is 26.3 Å². The van der Waals surface area contributed by atoms with Crippen LogP contribution in [-0.4, -0.2) is 38.3 Å². The molecule has 0 radical (unpaired) electrons. The summed E-state index contributed by atoms with van der Waals surface area (Å²) in [5, 5.41) is -0.324. The molecule has 0 saturated carbocycles. The normalized spacial score (nSPS) is 14.8. The molecule has 0 unspecified atom stereocenters. The molecular formula is C24H15ClF6N4O2. The largest absolute Gasteiger partial charge is 0.472 e. The van der Waals surface area contributed by atoms with Gasteiger partial charge >= 0.3 is 12.4 Å². The zero-order chi connectivity index (χ0) is 26.5. The molecule has 5 heterocycles. The number of aromatic nitrogens is 3. The van der Waals surface area contributed by atoms with E-state index in [0.29, 0.717) is 11.1 Å². The van der Waals surface area contributed by atoms with Crippen molar-refractivity contribution in [2.45, 2.75) is 18.8 Å². The maximum Gasteiger partial charge on any atom is 0.420 e. The van der Waals surface area contributed by atoms with Crippen LogP contribution in [0.3, 0.4) is 0 Å². The molecule has 0 bridgehead atoms. The van der Waals surface area contributed by atoms with Gasteiger partial charge in [0.15, 0.2) is 11.3 Å². The Morgan fingerprint density at radius 2 is 1.81 bits per heavy atom. The average molecular weight is 541 g/mol. The minimum atomic E-state index is -4.79. The fourth-order valence-corrected chi connectivity index (χ4v) is 4.41. The number of furan rings is 1. The van der Waals surface area contributed by atoms with Gasteiger partial charge in [-0.25, -0.2) is 4.98 Å². The number of nitrogens with zero attached hydrogens (tertiary/aromatic N) is 4. The van der Waals surface area contributed by atoms with Crippen molar-refractivity contribution in [3.05, 3.63) is 82.9 Å². The summed E-state index contributed by atoms with van der Waals surface area (Å²) in [5.41, 5.74) is -2.34. The van der Waals surface area contributed by atoms with Gasteiger partial charge in [-0.05, 0) is 36.3 Å². The maximum absolute atomic E-state index is 13.8. The highest BCUT2D eigenvalue weighted by atomic mass is 35.5. The predicted octanol–water partition coefficient (Wildman–Crippen LogP) is 6.61. The van der Waals surface area contributed by atoms with Crippen molar-refractivity contribution >= 4 is 28.7 Å². The number of carbonyl (C=O) groups excluding carboxylic acids is 1. The van der Waals surface area contributed by atoms with E-state index in [4.69, 9.17) is 16.0 Å². The Kier molecular flexibility index (Phi) is 6.01. The number of imidazole rings is 1. The van der Waals surface area contributed by atoms with Crippen molar-refractivity contribution in [2.24, 2.45) is 0 Å². The van der Waals surface area contributed by atoms with Crippen LogP contribution >= 0.6 is 11.6 Å². The lowest BCUT2D eigenvalue weighted by Crippen LogP contribution is -2.35. The van der Waals surface area contributed by atoms with E-state index in [0.717, 1.165) is 16.5 Å². The summed E-state index contributed by atoms with van der Waals surface area (Å²) in [4.78, 5) is 22.2. The van der Waals surface area contributed by atoms with E-state index in [1.165, 1.54) is 48.0 Å². The van der Waals surface area contributed by atoms with E-state index in [2.05, 4.69) is 9.97 Å². The number of hydrogen-bond donors (Lipinski definition) is 0. The number of carbonyl (C=O) groups is 1. The van der Waals surface area contributed by atoms with Crippen LogP contribution in [-0.2, 0) is 12.4 Å². The van der Waals surface area contributed by atoms with E-state index in [-0.39, 0.29) is 35.9 Å². The number of rotatable bonds is 3. The first-order valence-electron chi connectivity index (χ1n) is 10.8. The molecule has 0 saturated heterocycles. The molecular weight excluding hydrogens is 526 g/mol. The molecule has 13 heteroatoms. The smallest absolute Gasteiger partial charge is 0.420 e. The number of hydrogen-bond acceptors (Lipinski definition) is 4. The number of pyridine rings is 2. The van der Waals surface area contributed by atoms with E-state index >= 15 is 0 Å². The topological polar surface area (TPSA) is 63.6 Å². The molecule has 4 aromatic heterocycles. The molecule has 1 aliphatic rings. The van der Waals surface area contributed by atoms with Gasteiger partial charge in [-0.2, -0.15) is 26.3 Å². The summed E-state index contributed by atoms with van der Waals surface area (Å²) < 4.78 is 87.6. The Morgan fingerprint density at radius 3 is 2.43 bits per heavy atom. The summed E-state index contributed by atoms with van der Waals surface area (Å²) in [6.07, 6.45) is -2.79.